The van der Waals surface area contributed by atoms with Crippen LogP contribution in [-0.4, -0.2) is 19.8 Å². The zero-order chi connectivity index (χ0) is 14.8. The van der Waals surface area contributed by atoms with Crippen LogP contribution in [0, 0.1) is 5.82 Å². The molecule has 5 heteroatoms. The number of para-hydroxylation sites is 1. The number of methoxy groups -OCH3 is 1. The van der Waals surface area contributed by atoms with E-state index in [1.165, 1.54) is 18.7 Å². The highest BCUT2D eigenvalue weighted by Gasteiger charge is 2.22. The Morgan fingerprint density at radius 1 is 1.38 bits per heavy atom. The van der Waals surface area contributed by atoms with Crippen molar-refractivity contribution in [3.63, 3.8) is 0 Å². The van der Waals surface area contributed by atoms with Crippen LogP contribution in [0.3, 0.4) is 0 Å². The van der Waals surface area contributed by atoms with Crippen molar-refractivity contribution in [2.24, 2.45) is 0 Å². The molecule has 3 N–H and O–H groups in total. The van der Waals surface area contributed by atoms with Gasteiger partial charge in [-0.15, -0.1) is 0 Å². The molecule has 0 spiro atoms. The normalized spacial score (nSPS) is 16.2. The summed E-state index contributed by atoms with van der Waals surface area (Å²) >= 11 is 0. The minimum atomic E-state index is -0.468. The first-order valence-corrected chi connectivity index (χ1v) is 6.79. The summed E-state index contributed by atoms with van der Waals surface area (Å²) in [5.41, 5.74) is 8.01. The van der Waals surface area contributed by atoms with Gasteiger partial charge < -0.3 is 20.5 Å². The monoisotopic (exact) mass is 288 g/mol. The average Bonchev–Trinajstić information content (AvgIpc) is 2.89. The maximum atomic E-state index is 13.5. The number of nitrogens with two attached hydrogens (primary N) is 1. The van der Waals surface area contributed by atoms with Crippen LogP contribution < -0.4 is 20.5 Å². The summed E-state index contributed by atoms with van der Waals surface area (Å²) in [4.78, 5) is 0. The average molecular weight is 288 g/mol. The standard InChI is InChI=1S/C16H17FN2O2/c1-20-16-8-14(13(18)7-12(16)17)19-9-11-6-10-4-2-3-5-15(10)21-11/h2-5,7-8,11,19H,6,9,18H2,1H3. The van der Waals surface area contributed by atoms with Gasteiger partial charge in [-0.3, -0.25) is 0 Å². The molecule has 0 aliphatic carbocycles. The van der Waals surface area contributed by atoms with Crippen LogP contribution >= 0.6 is 0 Å². The number of nitrogens with one attached hydrogen (secondary N) is 1. The summed E-state index contributed by atoms with van der Waals surface area (Å²) in [5.74, 6) is 0.626. The van der Waals surface area contributed by atoms with E-state index in [1.807, 2.05) is 18.2 Å². The third-order valence-electron chi connectivity index (χ3n) is 3.56. The Morgan fingerprint density at radius 2 is 2.19 bits per heavy atom. The van der Waals surface area contributed by atoms with Crippen LogP contribution in [0.1, 0.15) is 5.56 Å². The van der Waals surface area contributed by atoms with Gasteiger partial charge in [-0.25, -0.2) is 4.39 Å². The van der Waals surface area contributed by atoms with Crippen molar-refractivity contribution in [1.29, 1.82) is 0 Å². The van der Waals surface area contributed by atoms with Gasteiger partial charge in [-0.05, 0) is 11.6 Å². The molecule has 110 valence electrons. The first-order chi connectivity index (χ1) is 10.2. The SMILES string of the molecule is COc1cc(NCC2Cc3ccccc3O2)c(N)cc1F. The fourth-order valence-corrected chi connectivity index (χ4v) is 2.47. The van der Waals surface area contributed by atoms with Gasteiger partial charge in [0, 0.05) is 18.6 Å². The van der Waals surface area contributed by atoms with Gasteiger partial charge in [-0.1, -0.05) is 18.2 Å². The zero-order valence-electron chi connectivity index (χ0n) is 11.7. The van der Waals surface area contributed by atoms with Gasteiger partial charge in [0.05, 0.1) is 25.0 Å². The third kappa shape index (κ3) is 2.72. The van der Waals surface area contributed by atoms with Crippen LogP contribution in [0.2, 0.25) is 0 Å². The topological polar surface area (TPSA) is 56.5 Å². The first-order valence-electron chi connectivity index (χ1n) is 6.79. The highest BCUT2D eigenvalue weighted by molar-refractivity contribution is 5.68. The molecule has 2 aromatic rings. The first kappa shape index (κ1) is 13.5. The van der Waals surface area contributed by atoms with Gasteiger partial charge in [-0.2, -0.15) is 0 Å². The summed E-state index contributed by atoms with van der Waals surface area (Å²) in [6.45, 7) is 0.591. The van der Waals surface area contributed by atoms with Crippen LogP contribution in [0.5, 0.6) is 11.5 Å². The number of ether oxygens (including phenoxy) is 2. The molecule has 1 aliphatic heterocycles. The van der Waals surface area contributed by atoms with Crippen LogP contribution in [-0.2, 0) is 6.42 Å². The molecule has 1 unspecified atom stereocenters. The molecule has 0 fully saturated rings. The Labute approximate surface area is 122 Å². The van der Waals surface area contributed by atoms with Crippen molar-refractivity contribution in [2.45, 2.75) is 12.5 Å². The highest BCUT2D eigenvalue weighted by Crippen LogP contribution is 2.30. The lowest BCUT2D eigenvalue weighted by atomic mass is 10.1. The molecule has 4 nitrogen and oxygen atoms in total. The van der Waals surface area contributed by atoms with E-state index < -0.39 is 5.82 Å². The summed E-state index contributed by atoms with van der Waals surface area (Å²) in [5, 5.41) is 3.19. The van der Waals surface area contributed by atoms with Crippen LogP contribution in [0.15, 0.2) is 36.4 Å². The minimum absolute atomic E-state index is 0.0397. The molecule has 2 aromatic carbocycles. The highest BCUT2D eigenvalue weighted by atomic mass is 19.1. The number of nitrogen functional groups attached to an aromatic ring is 1. The molecule has 0 saturated carbocycles. The maximum Gasteiger partial charge on any atom is 0.167 e. The van der Waals surface area contributed by atoms with E-state index in [4.69, 9.17) is 15.2 Å². The van der Waals surface area contributed by atoms with Crippen LogP contribution in [0.25, 0.3) is 0 Å². The van der Waals surface area contributed by atoms with Gasteiger partial charge in [0.2, 0.25) is 0 Å². The molecule has 1 atom stereocenters. The Hall–Kier alpha value is -2.43. The largest absolute Gasteiger partial charge is 0.494 e. The zero-order valence-corrected chi connectivity index (χ0v) is 11.7. The number of anilines is 2. The number of hydrogen-bond acceptors (Lipinski definition) is 4. The molecule has 21 heavy (non-hydrogen) atoms. The summed E-state index contributed by atoms with van der Waals surface area (Å²) < 4.78 is 24.3. The Morgan fingerprint density at radius 3 is 2.95 bits per heavy atom. The Bertz CT molecular complexity index is 636. The number of hydrogen-bond donors (Lipinski definition) is 2. The molecular formula is C16H17FN2O2. The minimum Gasteiger partial charge on any atom is -0.494 e. The van der Waals surface area contributed by atoms with E-state index >= 15 is 0 Å². The van der Waals surface area contributed by atoms with Crippen LogP contribution in [0.4, 0.5) is 15.8 Å². The van der Waals surface area contributed by atoms with E-state index in [0.29, 0.717) is 17.9 Å². The molecular weight excluding hydrogens is 271 g/mol. The smallest absolute Gasteiger partial charge is 0.167 e. The lowest BCUT2D eigenvalue weighted by molar-refractivity contribution is 0.246. The number of fused-ring (bicyclic) bond motifs is 1. The number of benzene rings is 2. The van der Waals surface area contributed by atoms with Crippen molar-refractivity contribution in [3.05, 3.63) is 47.8 Å². The summed E-state index contributed by atoms with van der Waals surface area (Å²) in [6, 6.07) is 10.8. The van der Waals surface area contributed by atoms with Crippen molar-refractivity contribution in [3.8, 4) is 11.5 Å². The van der Waals surface area contributed by atoms with Crippen molar-refractivity contribution in [1.82, 2.24) is 0 Å². The molecule has 3 rings (SSSR count). The fraction of sp³-hybridized carbons (Fsp3) is 0.250. The van der Waals surface area contributed by atoms with E-state index in [9.17, 15) is 4.39 Å². The molecule has 0 radical (unpaired) electrons. The van der Waals surface area contributed by atoms with E-state index in [1.54, 1.807) is 6.07 Å². The Balaban J connectivity index is 1.67. The van der Waals surface area contributed by atoms with Gasteiger partial charge in [0.15, 0.2) is 11.6 Å². The fourth-order valence-electron chi connectivity index (χ4n) is 2.47. The van der Waals surface area contributed by atoms with Gasteiger partial charge in [0.1, 0.15) is 11.9 Å². The summed E-state index contributed by atoms with van der Waals surface area (Å²) in [6.07, 6.45) is 0.888. The quantitative estimate of drug-likeness (QED) is 0.849. The molecule has 1 aliphatic rings. The third-order valence-corrected chi connectivity index (χ3v) is 3.56. The van der Waals surface area contributed by atoms with E-state index in [0.717, 1.165) is 12.2 Å². The van der Waals surface area contributed by atoms with Crippen molar-refractivity contribution >= 4 is 11.4 Å². The lowest BCUT2D eigenvalue weighted by Crippen LogP contribution is -2.24. The number of rotatable bonds is 4. The second kappa shape index (κ2) is 5.52. The van der Waals surface area contributed by atoms with Crippen molar-refractivity contribution in [2.75, 3.05) is 24.7 Å². The predicted octanol–water partition coefficient (Wildman–Crippen LogP) is 2.83. The van der Waals surface area contributed by atoms with E-state index in [2.05, 4.69) is 11.4 Å². The molecule has 0 aromatic heterocycles. The van der Waals surface area contributed by atoms with E-state index in [-0.39, 0.29) is 11.9 Å². The van der Waals surface area contributed by atoms with Gasteiger partial charge >= 0.3 is 0 Å². The van der Waals surface area contributed by atoms with Crippen molar-refractivity contribution < 1.29 is 13.9 Å². The molecule has 1 heterocycles. The second-order valence-corrected chi connectivity index (χ2v) is 5.01. The van der Waals surface area contributed by atoms with Gasteiger partial charge in [0.25, 0.3) is 0 Å². The molecule has 0 bridgehead atoms. The molecule has 0 amide bonds. The molecule has 0 saturated heterocycles. The lowest BCUT2D eigenvalue weighted by Gasteiger charge is -2.15. The number of halogens is 1. The predicted molar refractivity (Wildman–Crippen MR) is 80.4 cm³/mol. The second-order valence-electron chi connectivity index (χ2n) is 5.01. The summed E-state index contributed by atoms with van der Waals surface area (Å²) in [7, 11) is 1.43. The Kier molecular flexibility index (Phi) is 3.56. The maximum absolute atomic E-state index is 13.5.